The van der Waals surface area contributed by atoms with E-state index in [0.29, 0.717) is 5.92 Å². The van der Waals surface area contributed by atoms with Gasteiger partial charge in [-0.25, -0.2) is 0 Å². The zero-order valence-electron chi connectivity index (χ0n) is 16.1. The normalized spacial score (nSPS) is 18.3. The molecule has 26 heavy (non-hydrogen) atoms. The van der Waals surface area contributed by atoms with Gasteiger partial charge in [0.2, 0.25) is 0 Å². The van der Waals surface area contributed by atoms with Gasteiger partial charge in [0.05, 0.1) is 6.04 Å². The molecule has 1 aliphatic rings. The zero-order valence-corrected chi connectivity index (χ0v) is 16.1. The minimum Gasteiger partial charge on any atom is -0.481 e. The molecule has 3 rings (SSSR count). The summed E-state index contributed by atoms with van der Waals surface area (Å²) in [5.41, 5.74) is 1.17. The van der Waals surface area contributed by atoms with Crippen molar-refractivity contribution in [1.29, 1.82) is 0 Å². The van der Waals surface area contributed by atoms with Gasteiger partial charge in [0.15, 0.2) is 11.9 Å². The third kappa shape index (κ3) is 4.06. The number of aryl methyl sites for hydroxylation is 1. The van der Waals surface area contributed by atoms with Crippen molar-refractivity contribution in [3.8, 4) is 5.75 Å². The number of ether oxygens (including phenoxy) is 1. The summed E-state index contributed by atoms with van der Waals surface area (Å²) < 4.78 is 7.95. The van der Waals surface area contributed by atoms with E-state index in [4.69, 9.17) is 4.74 Å². The smallest absolute Gasteiger partial charge is 0.263 e. The fraction of sp³-hybridized carbons (Fsp3) is 0.550. The number of aromatic nitrogens is 3. The van der Waals surface area contributed by atoms with Crippen LogP contribution in [0.4, 0.5) is 0 Å². The second-order valence-corrected chi connectivity index (χ2v) is 7.50. The Morgan fingerprint density at radius 2 is 2.00 bits per heavy atom. The monoisotopic (exact) mass is 356 g/mol. The molecule has 1 aromatic carbocycles. The first-order chi connectivity index (χ1) is 12.5. The Bertz CT molecular complexity index is 739. The van der Waals surface area contributed by atoms with Crippen molar-refractivity contribution in [1.82, 2.24) is 19.7 Å². The number of carbonyl (C=O) groups excluding carboxylic acids is 1. The molecule has 0 saturated carbocycles. The highest BCUT2D eigenvalue weighted by atomic mass is 16.5. The molecule has 1 amide bonds. The largest absolute Gasteiger partial charge is 0.481 e. The SMILES string of the molecule is Cc1ccc(OC(C)C(=O)N2CCCC2c2nncn2CC(C)C)cc1. The van der Waals surface area contributed by atoms with Crippen molar-refractivity contribution in [2.24, 2.45) is 5.92 Å². The van der Waals surface area contributed by atoms with Crippen LogP contribution in [0, 0.1) is 12.8 Å². The number of rotatable bonds is 6. The van der Waals surface area contributed by atoms with E-state index >= 15 is 0 Å². The average molecular weight is 356 g/mol. The molecule has 2 aromatic rings. The van der Waals surface area contributed by atoms with Crippen molar-refractivity contribution < 1.29 is 9.53 Å². The summed E-state index contributed by atoms with van der Waals surface area (Å²) in [7, 11) is 0. The van der Waals surface area contributed by atoms with Crippen LogP contribution in [0.5, 0.6) is 5.75 Å². The number of nitrogens with zero attached hydrogens (tertiary/aromatic N) is 4. The maximum atomic E-state index is 13.0. The molecular weight excluding hydrogens is 328 g/mol. The summed E-state index contributed by atoms with van der Waals surface area (Å²) in [4.78, 5) is 14.9. The van der Waals surface area contributed by atoms with Gasteiger partial charge < -0.3 is 14.2 Å². The van der Waals surface area contributed by atoms with Crippen LogP contribution < -0.4 is 4.74 Å². The fourth-order valence-corrected chi connectivity index (χ4v) is 3.46. The van der Waals surface area contributed by atoms with Crippen molar-refractivity contribution in [3.05, 3.63) is 42.0 Å². The lowest BCUT2D eigenvalue weighted by atomic mass is 10.1. The van der Waals surface area contributed by atoms with Crippen molar-refractivity contribution in [3.63, 3.8) is 0 Å². The summed E-state index contributed by atoms with van der Waals surface area (Å²) in [5.74, 6) is 2.11. The summed E-state index contributed by atoms with van der Waals surface area (Å²) in [6.45, 7) is 9.77. The van der Waals surface area contributed by atoms with E-state index in [9.17, 15) is 4.79 Å². The van der Waals surface area contributed by atoms with Gasteiger partial charge in [0, 0.05) is 13.1 Å². The van der Waals surface area contributed by atoms with E-state index in [1.54, 1.807) is 6.33 Å². The van der Waals surface area contributed by atoms with Crippen LogP contribution in [-0.4, -0.2) is 38.2 Å². The van der Waals surface area contributed by atoms with Gasteiger partial charge in [-0.05, 0) is 44.7 Å². The molecule has 2 atom stereocenters. The third-order valence-corrected chi connectivity index (χ3v) is 4.72. The van der Waals surface area contributed by atoms with Crippen LogP contribution in [0.25, 0.3) is 0 Å². The van der Waals surface area contributed by atoms with Gasteiger partial charge in [0.1, 0.15) is 12.1 Å². The van der Waals surface area contributed by atoms with Crippen molar-refractivity contribution >= 4 is 5.91 Å². The lowest BCUT2D eigenvalue weighted by molar-refractivity contribution is -0.139. The molecule has 6 heteroatoms. The molecule has 140 valence electrons. The van der Waals surface area contributed by atoms with Crippen LogP contribution in [0.2, 0.25) is 0 Å². The first-order valence-electron chi connectivity index (χ1n) is 9.37. The number of hydrogen-bond donors (Lipinski definition) is 0. The van der Waals surface area contributed by atoms with Crippen LogP contribution in [0.15, 0.2) is 30.6 Å². The standard InChI is InChI=1S/C20H28N4O2/c1-14(2)12-23-13-21-22-19(23)18-6-5-11-24(18)20(25)16(4)26-17-9-7-15(3)8-10-17/h7-10,13-14,16,18H,5-6,11-12H2,1-4H3. The fourth-order valence-electron chi connectivity index (χ4n) is 3.46. The molecule has 2 unspecified atom stereocenters. The molecule has 0 N–H and O–H groups in total. The number of carbonyl (C=O) groups is 1. The van der Waals surface area contributed by atoms with Gasteiger partial charge in [0.25, 0.3) is 5.91 Å². The van der Waals surface area contributed by atoms with Gasteiger partial charge in [-0.1, -0.05) is 31.5 Å². The highest BCUT2D eigenvalue weighted by molar-refractivity contribution is 5.81. The van der Waals surface area contributed by atoms with Gasteiger partial charge >= 0.3 is 0 Å². The van der Waals surface area contributed by atoms with Crippen LogP contribution in [-0.2, 0) is 11.3 Å². The summed E-state index contributed by atoms with van der Waals surface area (Å²) in [5, 5.41) is 8.39. The average Bonchev–Trinajstić information content (AvgIpc) is 3.24. The molecule has 1 aliphatic heterocycles. The summed E-state index contributed by atoms with van der Waals surface area (Å²) in [6.07, 6.45) is 3.13. The molecule has 0 aliphatic carbocycles. The minimum absolute atomic E-state index is 0.00664. The Kier molecular flexibility index (Phi) is 5.59. The number of hydrogen-bond acceptors (Lipinski definition) is 4. The Balaban J connectivity index is 1.72. The molecule has 1 fully saturated rings. The van der Waals surface area contributed by atoms with E-state index in [2.05, 4.69) is 28.6 Å². The second kappa shape index (κ2) is 7.89. The summed E-state index contributed by atoms with van der Waals surface area (Å²) >= 11 is 0. The Hall–Kier alpha value is -2.37. The quantitative estimate of drug-likeness (QED) is 0.796. The van der Waals surface area contributed by atoms with Gasteiger partial charge in [-0.2, -0.15) is 0 Å². The summed E-state index contributed by atoms with van der Waals surface area (Å²) in [6, 6.07) is 7.76. The molecule has 2 heterocycles. The minimum atomic E-state index is -0.528. The van der Waals surface area contributed by atoms with Gasteiger partial charge in [-0.3, -0.25) is 4.79 Å². The molecule has 1 saturated heterocycles. The topological polar surface area (TPSA) is 60.2 Å². The number of amides is 1. The molecule has 0 bridgehead atoms. The van der Waals surface area contributed by atoms with E-state index in [1.807, 2.05) is 43.0 Å². The predicted molar refractivity (Wildman–Crippen MR) is 99.8 cm³/mol. The first-order valence-corrected chi connectivity index (χ1v) is 9.37. The van der Waals surface area contributed by atoms with Crippen molar-refractivity contribution in [2.45, 2.75) is 59.2 Å². The van der Waals surface area contributed by atoms with E-state index in [1.165, 1.54) is 5.56 Å². The Labute approximate surface area is 155 Å². The Morgan fingerprint density at radius 1 is 1.27 bits per heavy atom. The second-order valence-electron chi connectivity index (χ2n) is 7.50. The molecule has 0 radical (unpaired) electrons. The lowest BCUT2D eigenvalue weighted by Gasteiger charge is -2.27. The highest BCUT2D eigenvalue weighted by Crippen LogP contribution is 2.32. The maximum absolute atomic E-state index is 13.0. The van der Waals surface area contributed by atoms with Gasteiger partial charge in [-0.15, -0.1) is 10.2 Å². The molecule has 0 spiro atoms. The van der Waals surface area contributed by atoms with Crippen LogP contribution in [0.3, 0.4) is 0 Å². The van der Waals surface area contributed by atoms with E-state index in [-0.39, 0.29) is 11.9 Å². The zero-order chi connectivity index (χ0) is 18.7. The molecule has 6 nitrogen and oxygen atoms in total. The third-order valence-electron chi connectivity index (χ3n) is 4.72. The van der Waals surface area contributed by atoms with Crippen molar-refractivity contribution in [2.75, 3.05) is 6.54 Å². The van der Waals surface area contributed by atoms with E-state index < -0.39 is 6.10 Å². The van der Waals surface area contributed by atoms with E-state index in [0.717, 1.165) is 37.5 Å². The van der Waals surface area contributed by atoms with Crippen LogP contribution in [0.1, 0.15) is 51.0 Å². The predicted octanol–water partition coefficient (Wildman–Crippen LogP) is 3.37. The first kappa shape index (κ1) is 18.4. The number of benzene rings is 1. The highest BCUT2D eigenvalue weighted by Gasteiger charge is 2.36. The number of likely N-dealkylation sites (tertiary alicyclic amines) is 1. The Morgan fingerprint density at radius 3 is 2.69 bits per heavy atom. The lowest BCUT2D eigenvalue weighted by Crippen LogP contribution is -2.40. The van der Waals surface area contributed by atoms with Crippen LogP contribution >= 0.6 is 0 Å². The molecule has 1 aromatic heterocycles. The molecular formula is C20H28N4O2. The maximum Gasteiger partial charge on any atom is 0.263 e.